The summed E-state index contributed by atoms with van der Waals surface area (Å²) < 4.78 is 111. The maximum atomic E-state index is 15.0. The molecule has 0 bridgehead atoms. The molecular formula is C46H46F4O16. The number of benzene rings is 3. The summed E-state index contributed by atoms with van der Waals surface area (Å²) in [5.74, 6) is -17.0. The molecule has 3 aromatic rings. The van der Waals surface area contributed by atoms with Gasteiger partial charge in [0.25, 0.3) is 0 Å². The third kappa shape index (κ3) is 18.0. The summed E-state index contributed by atoms with van der Waals surface area (Å²) in [6.07, 6.45) is 4.10. The topological polar surface area (TPSA) is 195 Å². The van der Waals surface area contributed by atoms with Gasteiger partial charge in [-0.3, -0.25) is 0 Å². The van der Waals surface area contributed by atoms with E-state index in [0.29, 0.717) is 37.2 Å². The predicted octanol–water partition coefficient (Wildman–Crippen LogP) is 6.69. The molecule has 3 aromatic carbocycles. The van der Waals surface area contributed by atoms with E-state index in [1.165, 1.54) is 48.5 Å². The second-order valence-electron chi connectivity index (χ2n) is 13.2. The van der Waals surface area contributed by atoms with Crippen LogP contribution in [0, 0.1) is 23.3 Å². The Hall–Kier alpha value is -7.32. The molecule has 2 atom stereocenters. The number of carbonyl (C=O) groups excluding carboxylic acids is 6. The van der Waals surface area contributed by atoms with Gasteiger partial charge in [0.15, 0.2) is 12.2 Å². The van der Waals surface area contributed by atoms with Gasteiger partial charge in [-0.2, -0.15) is 17.6 Å². The van der Waals surface area contributed by atoms with Crippen LogP contribution in [-0.2, 0) is 47.6 Å². The first kappa shape index (κ1) is 53.0. The Bertz CT molecular complexity index is 1990. The smallest absolute Gasteiger partial charge is 0.343 e. The van der Waals surface area contributed by atoms with Crippen molar-refractivity contribution in [3.05, 3.63) is 134 Å². The predicted molar refractivity (Wildman–Crippen MR) is 223 cm³/mol. The van der Waals surface area contributed by atoms with Crippen molar-refractivity contribution in [1.29, 1.82) is 0 Å². The number of rotatable bonds is 30. The lowest BCUT2D eigenvalue weighted by molar-refractivity contribution is -0.156. The molecule has 0 spiro atoms. The summed E-state index contributed by atoms with van der Waals surface area (Å²) in [4.78, 5) is 71.0. The van der Waals surface area contributed by atoms with E-state index >= 15 is 0 Å². The number of esters is 6. The molecule has 0 aromatic heterocycles. The minimum atomic E-state index is -2.14. The van der Waals surface area contributed by atoms with Crippen molar-refractivity contribution < 1.29 is 93.7 Å². The van der Waals surface area contributed by atoms with Crippen LogP contribution in [0.1, 0.15) is 46.4 Å². The first-order valence-electron chi connectivity index (χ1n) is 19.9. The molecular weight excluding hydrogens is 884 g/mol. The highest BCUT2D eigenvalue weighted by atomic mass is 19.2. The molecule has 0 N–H and O–H groups in total. The Morgan fingerprint density at radius 3 is 1.09 bits per heavy atom. The number of hydrogen-bond donors (Lipinski definition) is 0. The molecule has 20 heteroatoms. The quantitative estimate of drug-likeness (QED) is 0.0130. The summed E-state index contributed by atoms with van der Waals surface area (Å²) in [6.45, 7) is 13.4. The average Bonchev–Trinajstić information content (AvgIpc) is 3.33. The molecule has 0 aliphatic carbocycles. The molecule has 0 saturated heterocycles. The number of ether oxygens (including phenoxy) is 10. The Balaban J connectivity index is 1.43. The average molecular weight is 931 g/mol. The minimum absolute atomic E-state index is 0.0619. The molecule has 0 amide bonds. The van der Waals surface area contributed by atoms with Crippen molar-refractivity contribution >= 4 is 35.8 Å². The Morgan fingerprint density at radius 2 is 0.773 bits per heavy atom. The number of hydrogen-bond acceptors (Lipinski definition) is 16. The maximum absolute atomic E-state index is 15.0. The lowest BCUT2D eigenvalue weighted by Crippen LogP contribution is -2.29. The Labute approximate surface area is 376 Å². The van der Waals surface area contributed by atoms with Crippen LogP contribution in [-0.4, -0.2) is 101 Å². The zero-order valence-corrected chi connectivity index (χ0v) is 35.4. The third-order valence-corrected chi connectivity index (χ3v) is 8.32. The fraction of sp³-hybridized carbons (Fsp3) is 0.304. The van der Waals surface area contributed by atoms with Gasteiger partial charge in [0, 0.05) is 37.5 Å². The maximum Gasteiger partial charge on any atom is 0.343 e. The van der Waals surface area contributed by atoms with Crippen LogP contribution in [0.5, 0.6) is 23.0 Å². The van der Waals surface area contributed by atoms with Gasteiger partial charge in [0.1, 0.15) is 24.7 Å². The lowest BCUT2D eigenvalue weighted by atomic mass is 10.2. The molecule has 0 fully saturated rings. The van der Waals surface area contributed by atoms with Crippen LogP contribution in [0.2, 0.25) is 0 Å². The first-order valence-corrected chi connectivity index (χ1v) is 19.9. The van der Waals surface area contributed by atoms with Crippen LogP contribution in [0.4, 0.5) is 17.6 Å². The van der Waals surface area contributed by atoms with Crippen molar-refractivity contribution in [2.75, 3.05) is 52.9 Å². The van der Waals surface area contributed by atoms with Gasteiger partial charge in [-0.1, -0.05) is 26.3 Å². The molecule has 0 heterocycles. The zero-order chi connectivity index (χ0) is 48.4. The summed E-state index contributed by atoms with van der Waals surface area (Å²) in [5, 5.41) is 0. The van der Waals surface area contributed by atoms with Crippen molar-refractivity contribution in [2.24, 2.45) is 0 Å². The van der Waals surface area contributed by atoms with Gasteiger partial charge in [0.05, 0.1) is 37.6 Å². The van der Waals surface area contributed by atoms with Crippen LogP contribution in [0.25, 0.3) is 0 Å². The summed E-state index contributed by atoms with van der Waals surface area (Å²) in [7, 11) is 0. The highest BCUT2D eigenvalue weighted by Crippen LogP contribution is 2.35. The van der Waals surface area contributed by atoms with Crippen molar-refractivity contribution in [1.82, 2.24) is 0 Å². The number of carbonyl (C=O) groups is 6. The van der Waals surface area contributed by atoms with E-state index < -0.39 is 82.8 Å². The molecule has 0 radical (unpaired) electrons. The normalized spacial score (nSPS) is 11.5. The third-order valence-electron chi connectivity index (χ3n) is 8.32. The van der Waals surface area contributed by atoms with Crippen LogP contribution < -0.4 is 18.9 Å². The van der Waals surface area contributed by atoms with Gasteiger partial charge in [0.2, 0.25) is 34.8 Å². The van der Waals surface area contributed by atoms with Crippen LogP contribution in [0.3, 0.4) is 0 Å². The molecule has 0 aliphatic heterocycles. The van der Waals surface area contributed by atoms with Gasteiger partial charge >= 0.3 is 35.8 Å². The van der Waals surface area contributed by atoms with E-state index in [4.69, 9.17) is 37.9 Å². The van der Waals surface area contributed by atoms with E-state index in [1.54, 1.807) is 0 Å². The summed E-state index contributed by atoms with van der Waals surface area (Å²) in [6, 6.07) is 10.1. The molecule has 0 saturated carbocycles. The summed E-state index contributed by atoms with van der Waals surface area (Å²) in [5.41, 5.74) is -0.530. The Morgan fingerprint density at radius 1 is 0.455 bits per heavy atom. The summed E-state index contributed by atoms with van der Waals surface area (Å²) >= 11 is 0. The minimum Gasteiger partial charge on any atom is -0.494 e. The van der Waals surface area contributed by atoms with Gasteiger partial charge in [-0.15, -0.1) is 0 Å². The molecule has 3 rings (SSSR count). The van der Waals surface area contributed by atoms with Crippen LogP contribution >= 0.6 is 0 Å². The van der Waals surface area contributed by atoms with E-state index in [-0.39, 0.29) is 64.0 Å². The monoisotopic (exact) mass is 930 g/mol. The fourth-order valence-corrected chi connectivity index (χ4v) is 5.00. The zero-order valence-electron chi connectivity index (χ0n) is 35.4. The highest BCUT2D eigenvalue weighted by molar-refractivity contribution is 5.92. The molecule has 354 valence electrons. The standard InChI is InChI=1S/C46H46F4O16/c1-5-35(51)61-27-33(63-37(53)7-3)25-57-21-9-11-23-59-31-17-13-29(14-18-31)45(55)65-43-39(47)41(49)44(42(50)40(43)48)66-46(56)30-15-19-32(20-16-30)60-24-12-10-22-58-26-34(64-38(54)8-4)28-62-36(52)6-2/h5-8,13-20,33-34H,1-4,9-12,21-28H2. The Kier molecular flexibility index (Phi) is 22.9. The number of halogens is 4. The van der Waals surface area contributed by atoms with E-state index in [9.17, 15) is 46.3 Å². The van der Waals surface area contributed by atoms with Gasteiger partial charge in [-0.05, 0) is 74.2 Å². The van der Waals surface area contributed by atoms with Crippen molar-refractivity contribution in [2.45, 2.75) is 37.9 Å². The van der Waals surface area contributed by atoms with E-state index in [2.05, 4.69) is 35.8 Å². The van der Waals surface area contributed by atoms with E-state index in [1.807, 2.05) is 0 Å². The largest absolute Gasteiger partial charge is 0.494 e. The second-order valence-corrected chi connectivity index (χ2v) is 13.2. The first-order chi connectivity index (χ1) is 31.7. The van der Waals surface area contributed by atoms with Crippen molar-refractivity contribution in [3.63, 3.8) is 0 Å². The van der Waals surface area contributed by atoms with Crippen molar-refractivity contribution in [3.8, 4) is 23.0 Å². The lowest BCUT2D eigenvalue weighted by Gasteiger charge is -2.17. The second kappa shape index (κ2) is 28.5. The SMILES string of the molecule is C=CC(=O)OCC(COCCCCOc1ccc(C(=O)Oc2c(F)c(F)c(OC(=O)c3ccc(OCCCCOCC(COC(=O)C=C)OC(=O)C=C)cc3)c(F)c2F)cc1)OC(=O)C=C. The van der Waals surface area contributed by atoms with Gasteiger partial charge in [-0.25, -0.2) is 28.8 Å². The molecule has 16 nitrogen and oxygen atoms in total. The fourth-order valence-electron chi connectivity index (χ4n) is 5.00. The van der Waals surface area contributed by atoms with E-state index in [0.717, 1.165) is 24.3 Å². The van der Waals surface area contributed by atoms with Gasteiger partial charge < -0.3 is 47.4 Å². The van der Waals surface area contributed by atoms with Crippen LogP contribution in [0.15, 0.2) is 99.2 Å². The molecule has 0 aliphatic rings. The molecule has 2 unspecified atom stereocenters. The number of unbranched alkanes of at least 4 members (excludes halogenated alkanes) is 2. The molecule has 66 heavy (non-hydrogen) atoms. The highest BCUT2D eigenvalue weighted by Gasteiger charge is 2.31.